The summed E-state index contributed by atoms with van der Waals surface area (Å²) in [6.45, 7) is 3.79. The Balaban J connectivity index is 1.83. The molecule has 4 aromatic rings. The van der Waals surface area contributed by atoms with Gasteiger partial charge in [0.05, 0.1) is 29.8 Å². The number of methoxy groups -OCH3 is 1. The molecular weight excluding hydrogens is 419 g/mol. The summed E-state index contributed by atoms with van der Waals surface area (Å²) in [6.07, 6.45) is 0. The maximum atomic E-state index is 13.9. The number of rotatable bonds is 3. The molecule has 2 aromatic carbocycles. The third-order valence-corrected chi connectivity index (χ3v) is 6.54. The molecule has 1 aliphatic rings. The van der Waals surface area contributed by atoms with Gasteiger partial charge in [0.25, 0.3) is 5.91 Å². The zero-order chi connectivity index (χ0) is 21.9. The summed E-state index contributed by atoms with van der Waals surface area (Å²) in [5.74, 6) is -0.478. The molecule has 0 N–H and O–H groups in total. The van der Waals surface area contributed by atoms with Crippen molar-refractivity contribution in [3.05, 3.63) is 86.0 Å². The molecule has 0 aliphatic carbocycles. The van der Waals surface area contributed by atoms with Crippen molar-refractivity contribution >= 4 is 33.3 Å². The van der Waals surface area contributed by atoms with Gasteiger partial charge in [0.1, 0.15) is 17.1 Å². The second-order valence-electron chi connectivity index (χ2n) is 7.31. The molecule has 0 fully saturated rings. The fourth-order valence-corrected chi connectivity index (χ4v) is 4.76. The Hall–Kier alpha value is -3.52. The lowest BCUT2D eigenvalue weighted by Gasteiger charge is -2.22. The average molecular weight is 436 g/mol. The Bertz CT molecular complexity index is 1410. The van der Waals surface area contributed by atoms with Crippen molar-refractivity contribution in [2.45, 2.75) is 19.9 Å². The molecule has 2 aromatic heterocycles. The van der Waals surface area contributed by atoms with E-state index < -0.39 is 23.2 Å². The summed E-state index contributed by atoms with van der Waals surface area (Å²) in [7, 11) is 1.54. The minimum Gasteiger partial charge on any atom is -0.497 e. The largest absolute Gasteiger partial charge is 0.497 e. The molecule has 31 heavy (non-hydrogen) atoms. The third kappa shape index (κ3) is 2.94. The first kappa shape index (κ1) is 19.4. The number of thiazole rings is 1. The molecule has 156 valence electrons. The van der Waals surface area contributed by atoms with Gasteiger partial charge in [-0.3, -0.25) is 14.5 Å². The molecule has 0 spiro atoms. The fraction of sp³-hybridized carbons (Fsp3) is 0.174. The number of fused-ring (bicyclic) bond motifs is 2. The van der Waals surface area contributed by atoms with Crippen LogP contribution in [0.2, 0.25) is 0 Å². The maximum Gasteiger partial charge on any atom is 0.297 e. The van der Waals surface area contributed by atoms with Gasteiger partial charge in [-0.1, -0.05) is 12.1 Å². The monoisotopic (exact) mass is 436 g/mol. The van der Waals surface area contributed by atoms with Gasteiger partial charge in [0.15, 0.2) is 10.6 Å². The van der Waals surface area contributed by atoms with Gasteiger partial charge in [0, 0.05) is 4.88 Å². The topological polar surface area (TPSA) is 72.6 Å². The molecule has 0 radical (unpaired) electrons. The SMILES string of the molecule is COc1cccc([C@H]2c3c(oc4ccc(F)cc4c3=O)C(=O)N2c2nc(C)c(C)s2)c1. The van der Waals surface area contributed by atoms with Gasteiger partial charge in [-0.15, -0.1) is 11.3 Å². The highest BCUT2D eigenvalue weighted by Crippen LogP contribution is 2.43. The van der Waals surface area contributed by atoms with Crippen LogP contribution in [-0.4, -0.2) is 18.0 Å². The van der Waals surface area contributed by atoms with Gasteiger partial charge in [-0.25, -0.2) is 9.37 Å². The Labute approximate surface area is 180 Å². The summed E-state index contributed by atoms with van der Waals surface area (Å²) in [6, 6.07) is 10.1. The van der Waals surface area contributed by atoms with E-state index in [4.69, 9.17) is 9.15 Å². The van der Waals surface area contributed by atoms with Crippen LogP contribution in [0.15, 0.2) is 51.7 Å². The van der Waals surface area contributed by atoms with Crippen molar-refractivity contribution in [3.63, 3.8) is 0 Å². The lowest BCUT2D eigenvalue weighted by atomic mass is 9.98. The highest BCUT2D eigenvalue weighted by atomic mass is 32.1. The van der Waals surface area contributed by atoms with Gasteiger partial charge in [-0.05, 0) is 49.7 Å². The zero-order valence-corrected chi connectivity index (χ0v) is 17.7. The van der Waals surface area contributed by atoms with Crippen LogP contribution in [0, 0.1) is 19.7 Å². The summed E-state index contributed by atoms with van der Waals surface area (Å²) in [4.78, 5) is 33.9. The number of carbonyl (C=O) groups is 1. The first-order valence-electron chi connectivity index (χ1n) is 9.57. The number of amides is 1. The van der Waals surface area contributed by atoms with Crippen LogP contribution in [0.25, 0.3) is 11.0 Å². The molecule has 0 unspecified atom stereocenters. The number of nitrogens with zero attached hydrogens (tertiary/aromatic N) is 2. The molecule has 0 saturated carbocycles. The van der Waals surface area contributed by atoms with Gasteiger partial charge in [-0.2, -0.15) is 0 Å². The number of aryl methyl sites for hydroxylation is 2. The van der Waals surface area contributed by atoms with Crippen LogP contribution in [-0.2, 0) is 0 Å². The van der Waals surface area contributed by atoms with E-state index in [0.717, 1.165) is 16.6 Å². The standard InChI is InChI=1S/C23H17FN2O4S/c1-11-12(2)31-23(25-11)26-19(13-5-4-6-15(9-13)29-3)18-20(27)16-10-14(24)7-8-17(16)30-21(18)22(26)28/h4-10,19H,1-3H3/t19-/m0/s1. The molecular formula is C23H17FN2O4S. The highest BCUT2D eigenvalue weighted by molar-refractivity contribution is 7.15. The molecule has 1 atom stereocenters. The number of carbonyl (C=O) groups excluding carboxylic acids is 1. The van der Waals surface area contributed by atoms with E-state index in [2.05, 4.69) is 4.98 Å². The highest BCUT2D eigenvalue weighted by Gasteiger charge is 2.45. The smallest absolute Gasteiger partial charge is 0.297 e. The van der Waals surface area contributed by atoms with Crippen molar-refractivity contribution in [1.82, 2.24) is 4.98 Å². The molecule has 1 aliphatic heterocycles. The minimum absolute atomic E-state index is 0.0533. The first-order valence-corrected chi connectivity index (χ1v) is 10.4. The number of benzene rings is 2. The molecule has 0 bridgehead atoms. The van der Waals surface area contributed by atoms with Crippen LogP contribution in [0.1, 0.15) is 38.3 Å². The summed E-state index contributed by atoms with van der Waals surface area (Å²) in [5, 5.41) is 0.557. The van der Waals surface area contributed by atoms with Crippen LogP contribution >= 0.6 is 11.3 Å². The van der Waals surface area contributed by atoms with E-state index in [1.807, 2.05) is 19.9 Å². The van der Waals surface area contributed by atoms with Crippen molar-refractivity contribution < 1.29 is 18.3 Å². The lowest BCUT2D eigenvalue weighted by Crippen LogP contribution is -2.29. The van der Waals surface area contributed by atoms with Crippen molar-refractivity contribution in [1.29, 1.82) is 0 Å². The second-order valence-corrected chi connectivity index (χ2v) is 8.49. The Morgan fingerprint density at radius 1 is 1.16 bits per heavy atom. The molecule has 0 saturated heterocycles. The lowest BCUT2D eigenvalue weighted by molar-refractivity contribution is 0.0971. The average Bonchev–Trinajstić information content (AvgIpc) is 3.25. The minimum atomic E-state index is -0.772. The Morgan fingerprint density at radius 2 is 1.97 bits per heavy atom. The zero-order valence-electron chi connectivity index (χ0n) is 16.9. The second kappa shape index (κ2) is 7.02. The Kier molecular flexibility index (Phi) is 4.40. The molecule has 3 heterocycles. The number of hydrogen-bond acceptors (Lipinski definition) is 6. The quantitative estimate of drug-likeness (QED) is 0.463. The van der Waals surface area contributed by atoms with Gasteiger partial charge < -0.3 is 9.15 Å². The van der Waals surface area contributed by atoms with E-state index in [0.29, 0.717) is 16.4 Å². The van der Waals surface area contributed by atoms with Gasteiger partial charge >= 0.3 is 0 Å². The van der Waals surface area contributed by atoms with Crippen LogP contribution in [0.3, 0.4) is 0 Å². The van der Waals surface area contributed by atoms with Crippen LogP contribution in [0.5, 0.6) is 5.75 Å². The third-order valence-electron chi connectivity index (χ3n) is 5.47. The van der Waals surface area contributed by atoms with Crippen molar-refractivity contribution in [3.8, 4) is 5.75 Å². The molecule has 6 nitrogen and oxygen atoms in total. The number of aromatic nitrogens is 1. The van der Waals surface area contributed by atoms with E-state index in [-0.39, 0.29) is 22.3 Å². The molecule has 5 rings (SSSR count). The summed E-state index contributed by atoms with van der Waals surface area (Å²) in [5.41, 5.74) is 1.36. The first-order chi connectivity index (χ1) is 14.9. The normalized spacial score (nSPS) is 15.5. The predicted octanol–water partition coefficient (Wildman–Crippen LogP) is 4.76. The summed E-state index contributed by atoms with van der Waals surface area (Å²) >= 11 is 1.37. The van der Waals surface area contributed by atoms with E-state index in [9.17, 15) is 14.0 Å². The van der Waals surface area contributed by atoms with Gasteiger partial charge in [0.2, 0.25) is 5.76 Å². The maximum absolute atomic E-state index is 13.9. The summed E-state index contributed by atoms with van der Waals surface area (Å²) < 4.78 is 25.0. The number of ether oxygens (including phenoxy) is 1. The molecule has 8 heteroatoms. The number of halogens is 1. The molecule has 1 amide bonds. The van der Waals surface area contributed by atoms with E-state index in [1.54, 1.807) is 25.3 Å². The number of anilines is 1. The van der Waals surface area contributed by atoms with Crippen LogP contribution < -0.4 is 15.1 Å². The Morgan fingerprint density at radius 3 is 2.68 bits per heavy atom. The number of hydrogen-bond donors (Lipinski definition) is 0. The fourth-order valence-electron chi connectivity index (χ4n) is 3.83. The van der Waals surface area contributed by atoms with E-state index >= 15 is 0 Å². The van der Waals surface area contributed by atoms with Crippen molar-refractivity contribution in [2.24, 2.45) is 0 Å². The van der Waals surface area contributed by atoms with Crippen LogP contribution in [0.4, 0.5) is 9.52 Å². The van der Waals surface area contributed by atoms with Crippen molar-refractivity contribution in [2.75, 3.05) is 12.0 Å². The predicted molar refractivity (Wildman–Crippen MR) is 116 cm³/mol. The van der Waals surface area contributed by atoms with E-state index in [1.165, 1.54) is 28.4 Å².